The van der Waals surface area contributed by atoms with Gasteiger partial charge in [0.25, 0.3) is 0 Å². The molecule has 3 aliphatic rings. The zero-order chi connectivity index (χ0) is 15.8. The molecule has 0 spiro atoms. The fourth-order valence-electron chi connectivity index (χ4n) is 5.15. The molecule has 23 heavy (non-hydrogen) atoms. The summed E-state index contributed by atoms with van der Waals surface area (Å²) in [4.78, 5) is 5.21. The zero-order valence-electron chi connectivity index (χ0n) is 14.2. The number of benzene rings is 1. The molecule has 1 saturated heterocycles. The van der Waals surface area contributed by atoms with Crippen molar-refractivity contribution in [1.29, 1.82) is 0 Å². The van der Waals surface area contributed by atoms with Crippen LogP contribution in [0.2, 0.25) is 0 Å². The minimum absolute atomic E-state index is 0.480. The van der Waals surface area contributed by atoms with Crippen LogP contribution >= 0.6 is 0 Å². The SMILES string of the molecule is COc1ccccc1N1CCN(C2CC3CC(N)CC3C2)CC1. The molecule has 0 radical (unpaired) electrons. The van der Waals surface area contributed by atoms with E-state index in [0.29, 0.717) is 6.04 Å². The van der Waals surface area contributed by atoms with Crippen LogP contribution in [-0.4, -0.2) is 50.3 Å². The number of methoxy groups -OCH3 is 1. The van der Waals surface area contributed by atoms with Crippen LogP contribution in [0.4, 0.5) is 5.69 Å². The normalized spacial score (nSPS) is 34.6. The van der Waals surface area contributed by atoms with Gasteiger partial charge in [-0.3, -0.25) is 4.90 Å². The van der Waals surface area contributed by atoms with Gasteiger partial charge in [-0.25, -0.2) is 0 Å². The van der Waals surface area contributed by atoms with Crippen LogP contribution in [0, 0.1) is 11.8 Å². The molecule has 0 bridgehead atoms. The quantitative estimate of drug-likeness (QED) is 0.929. The standard InChI is InChI=1S/C19H29N3O/c1-23-19-5-3-2-4-18(19)22-8-6-21(7-9-22)17-12-14-10-16(20)11-15(14)13-17/h2-5,14-17H,6-13,20H2,1H3. The number of anilines is 1. The molecule has 126 valence electrons. The van der Waals surface area contributed by atoms with Crippen LogP contribution in [0.1, 0.15) is 25.7 Å². The number of fused-ring (bicyclic) bond motifs is 1. The van der Waals surface area contributed by atoms with E-state index in [1.807, 2.05) is 6.07 Å². The van der Waals surface area contributed by atoms with Gasteiger partial charge < -0.3 is 15.4 Å². The molecule has 4 heteroatoms. The number of para-hydroxylation sites is 2. The minimum Gasteiger partial charge on any atom is -0.495 e. The highest BCUT2D eigenvalue weighted by molar-refractivity contribution is 5.58. The first-order valence-corrected chi connectivity index (χ1v) is 9.12. The van der Waals surface area contributed by atoms with E-state index in [1.54, 1.807) is 7.11 Å². The molecule has 3 fully saturated rings. The summed E-state index contributed by atoms with van der Waals surface area (Å²) in [6.45, 7) is 4.56. The number of ether oxygens (including phenoxy) is 1. The van der Waals surface area contributed by atoms with Gasteiger partial charge in [-0.05, 0) is 49.7 Å². The van der Waals surface area contributed by atoms with Gasteiger partial charge in [0.15, 0.2) is 0 Å². The third-order valence-corrected chi connectivity index (χ3v) is 6.28. The van der Waals surface area contributed by atoms with Crippen molar-refractivity contribution in [2.75, 3.05) is 38.2 Å². The second-order valence-corrected chi connectivity index (χ2v) is 7.57. The molecule has 2 saturated carbocycles. The summed E-state index contributed by atoms with van der Waals surface area (Å²) >= 11 is 0. The first kappa shape index (κ1) is 15.3. The second-order valence-electron chi connectivity index (χ2n) is 7.57. The molecule has 4 nitrogen and oxygen atoms in total. The highest BCUT2D eigenvalue weighted by Crippen LogP contribution is 2.45. The molecular formula is C19H29N3O. The predicted molar refractivity (Wildman–Crippen MR) is 94.0 cm³/mol. The fourth-order valence-corrected chi connectivity index (χ4v) is 5.15. The molecule has 0 amide bonds. The Morgan fingerprint density at radius 2 is 1.61 bits per heavy atom. The van der Waals surface area contributed by atoms with Gasteiger partial charge >= 0.3 is 0 Å². The molecule has 2 atom stereocenters. The van der Waals surface area contributed by atoms with Crippen LogP contribution in [0.15, 0.2) is 24.3 Å². The van der Waals surface area contributed by atoms with E-state index in [4.69, 9.17) is 10.5 Å². The number of nitrogens with zero attached hydrogens (tertiary/aromatic N) is 2. The Morgan fingerprint density at radius 3 is 2.26 bits per heavy atom. The maximum atomic E-state index is 6.13. The fraction of sp³-hybridized carbons (Fsp3) is 0.684. The van der Waals surface area contributed by atoms with Crippen LogP contribution in [-0.2, 0) is 0 Å². The Bertz CT molecular complexity index is 527. The summed E-state index contributed by atoms with van der Waals surface area (Å²) in [5.41, 5.74) is 7.37. The van der Waals surface area contributed by atoms with Crippen LogP contribution in [0.25, 0.3) is 0 Å². The zero-order valence-corrected chi connectivity index (χ0v) is 14.2. The number of hydrogen-bond donors (Lipinski definition) is 1. The molecule has 0 aromatic heterocycles. The topological polar surface area (TPSA) is 41.7 Å². The summed E-state index contributed by atoms with van der Waals surface area (Å²) in [5.74, 6) is 2.80. The van der Waals surface area contributed by atoms with Gasteiger partial charge in [-0.2, -0.15) is 0 Å². The van der Waals surface area contributed by atoms with Gasteiger partial charge in [0, 0.05) is 38.3 Å². The van der Waals surface area contributed by atoms with Gasteiger partial charge in [0.1, 0.15) is 5.75 Å². The van der Waals surface area contributed by atoms with E-state index in [9.17, 15) is 0 Å². The van der Waals surface area contributed by atoms with Gasteiger partial charge in [0.2, 0.25) is 0 Å². The van der Waals surface area contributed by atoms with E-state index in [0.717, 1.165) is 36.7 Å². The second kappa shape index (κ2) is 6.33. The van der Waals surface area contributed by atoms with E-state index in [-0.39, 0.29) is 0 Å². The Balaban J connectivity index is 1.35. The van der Waals surface area contributed by atoms with E-state index in [2.05, 4.69) is 28.0 Å². The molecule has 1 aromatic rings. The lowest BCUT2D eigenvalue weighted by Gasteiger charge is -2.39. The van der Waals surface area contributed by atoms with Crippen LogP contribution in [0.5, 0.6) is 5.75 Å². The van der Waals surface area contributed by atoms with Crippen molar-refractivity contribution >= 4 is 5.69 Å². The monoisotopic (exact) mass is 315 g/mol. The molecule has 1 aromatic carbocycles. The van der Waals surface area contributed by atoms with E-state index >= 15 is 0 Å². The van der Waals surface area contributed by atoms with Crippen molar-refractivity contribution < 1.29 is 4.74 Å². The van der Waals surface area contributed by atoms with Crippen molar-refractivity contribution in [3.63, 3.8) is 0 Å². The number of hydrogen-bond acceptors (Lipinski definition) is 4. The van der Waals surface area contributed by atoms with E-state index in [1.165, 1.54) is 44.5 Å². The van der Waals surface area contributed by atoms with Crippen LogP contribution in [0.3, 0.4) is 0 Å². The minimum atomic E-state index is 0.480. The predicted octanol–water partition coefficient (Wildman–Crippen LogP) is 2.33. The van der Waals surface area contributed by atoms with Crippen LogP contribution < -0.4 is 15.4 Å². The average molecular weight is 315 g/mol. The lowest BCUT2D eigenvalue weighted by atomic mass is 10.0. The average Bonchev–Trinajstić information content (AvgIpc) is 3.12. The highest BCUT2D eigenvalue weighted by atomic mass is 16.5. The summed E-state index contributed by atoms with van der Waals surface area (Å²) in [5, 5.41) is 0. The Hall–Kier alpha value is -1.26. The van der Waals surface area contributed by atoms with Crippen molar-refractivity contribution in [3.05, 3.63) is 24.3 Å². The van der Waals surface area contributed by atoms with Gasteiger partial charge in [-0.1, -0.05) is 12.1 Å². The van der Waals surface area contributed by atoms with Crippen molar-refractivity contribution in [3.8, 4) is 5.75 Å². The largest absolute Gasteiger partial charge is 0.495 e. The summed E-state index contributed by atoms with van der Waals surface area (Å²) in [7, 11) is 1.76. The molecule has 1 aliphatic heterocycles. The maximum Gasteiger partial charge on any atom is 0.142 e. The molecular weight excluding hydrogens is 286 g/mol. The van der Waals surface area contributed by atoms with Gasteiger partial charge in [0.05, 0.1) is 12.8 Å². The number of piperazine rings is 1. The summed E-state index contributed by atoms with van der Waals surface area (Å²) in [6.07, 6.45) is 5.30. The lowest BCUT2D eigenvalue weighted by Crippen LogP contribution is -2.50. The summed E-state index contributed by atoms with van der Waals surface area (Å²) < 4.78 is 5.52. The molecule has 2 aliphatic carbocycles. The molecule has 2 unspecified atom stereocenters. The van der Waals surface area contributed by atoms with Gasteiger partial charge in [-0.15, -0.1) is 0 Å². The Morgan fingerprint density at radius 1 is 0.957 bits per heavy atom. The maximum absolute atomic E-state index is 6.13. The molecule has 4 rings (SSSR count). The third kappa shape index (κ3) is 2.94. The number of rotatable bonds is 3. The third-order valence-electron chi connectivity index (χ3n) is 6.28. The highest BCUT2D eigenvalue weighted by Gasteiger charge is 2.42. The Labute approximate surface area is 139 Å². The van der Waals surface area contributed by atoms with Crippen molar-refractivity contribution in [1.82, 2.24) is 4.90 Å². The number of nitrogens with two attached hydrogens (primary N) is 1. The first-order chi connectivity index (χ1) is 11.2. The lowest BCUT2D eigenvalue weighted by molar-refractivity contribution is 0.178. The Kier molecular flexibility index (Phi) is 4.20. The van der Waals surface area contributed by atoms with Crippen molar-refractivity contribution in [2.45, 2.75) is 37.8 Å². The molecule has 1 heterocycles. The first-order valence-electron chi connectivity index (χ1n) is 9.12. The van der Waals surface area contributed by atoms with Crippen molar-refractivity contribution in [2.24, 2.45) is 17.6 Å². The van der Waals surface area contributed by atoms with E-state index < -0.39 is 0 Å². The molecule has 2 N–H and O–H groups in total. The summed E-state index contributed by atoms with van der Waals surface area (Å²) in [6, 6.07) is 9.66. The smallest absolute Gasteiger partial charge is 0.142 e.